The van der Waals surface area contributed by atoms with Gasteiger partial charge in [-0.15, -0.1) is 12.3 Å². The first-order valence-electron chi connectivity index (χ1n) is 9.81. The maximum atomic E-state index is 5.57. The zero-order valence-electron chi connectivity index (χ0n) is 17.7. The van der Waals surface area contributed by atoms with E-state index in [1.807, 2.05) is 49.6 Å². The summed E-state index contributed by atoms with van der Waals surface area (Å²) in [5.41, 5.74) is 5.17. The smallest absolute Gasteiger partial charge is 0.124 e. The maximum Gasteiger partial charge on any atom is 0.124 e. The lowest BCUT2D eigenvalue weighted by Gasteiger charge is -2.25. The first-order valence-corrected chi connectivity index (χ1v) is 9.81. The lowest BCUT2D eigenvalue weighted by molar-refractivity contribution is 0.394. The predicted octanol–water partition coefficient (Wildman–Crippen LogP) is 4.21. The third-order valence-electron chi connectivity index (χ3n) is 4.97. The van der Waals surface area contributed by atoms with E-state index >= 15 is 0 Å². The van der Waals surface area contributed by atoms with Crippen LogP contribution in [0, 0.1) is 12.3 Å². The Labute approximate surface area is 181 Å². The Kier molecular flexibility index (Phi) is 5.72. The average molecular weight is 413 g/mol. The van der Waals surface area contributed by atoms with Crippen molar-refractivity contribution in [3.05, 3.63) is 55.0 Å². The molecule has 0 unspecified atom stereocenters. The van der Waals surface area contributed by atoms with E-state index in [-0.39, 0.29) is 0 Å². The lowest BCUT2D eigenvalue weighted by Crippen LogP contribution is -2.18. The summed E-state index contributed by atoms with van der Waals surface area (Å²) in [6.45, 7) is 0.633. The summed E-state index contributed by atoms with van der Waals surface area (Å²) >= 11 is 0. The predicted molar refractivity (Wildman–Crippen MR) is 122 cm³/mol. The number of hydrogen-bond donors (Lipinski definition) is 0. The number of ether oxygens (including phenoxy) is 2. The molecule has 0 aliphatic heterocycles. The van der Waals surface area contributed by atoms with Gasteiger partial charge >= 0.3 is 0 Å². The molecule has 4 rings (SSSR count). The molecule has 0 amide bonds. The highest BCUT2D eigenvalue weighted by Gasteiger charge is 2.14. The second-order valence-electron chi connectivity index (χ2n) is 7.01. The first kappa shape index (κ1) is 20.2. The van der Waals surface area contributed by atoms with E-state index < -0.39 is 0 Å². The zero-order valence-corrected chi connectivity index (χ0v) is 17.7. The lowest BCUT2D eigenvalue weighted by atomic mass is 10.1. The molecule has 4 aromatic rings. The van der Waals surface area contributed by atoms with Gasteiger partial charge in [-0.3, -0.25) is 9.67 Å². The standard InChI is InChI=1S/C24H23N5O2/c1-5-6-9-29(19-10-20(30-3)13-21(11-19)31-4)18-7-8-22-23(12-18)27-24(15-25-22)17-14-26-28(2)16-17/h1,7-8,10-16H,6,9H2,2-4H3. The Morgan fingerprint density at radius 2 is 1.77 bits per heavy atom. The Bertz CT molecular complexity index is 1240. The molecule has 0 aliphatic rings. The van der Waals surface area contributed by atoms with Crippen molar-refractivity contribution in [3.8, 4) is 35.1 Å². The van der Waals surface area contributed by atoms with Crippen LogP contribution in [0.3, 0.4) is 0 Å². The SMILES string of the molecule is C#CCCN(c1cc(OC)cc(OC)c1)c1ccc2ncc(-c3cnn(C)c3)nc2c1. The maximum absolute atomic E-state index is 5.57. The van der Waals surface area contributed by atoms with E-state index in [1.54, 1.807) is 31.3 Å². The van der Waals surface area contributed by atoms with E-state index in [0.29, 0.717) is 24.5 Å². The van der Waals surface area contributed by atoms with Gasteiger partial charge in [0.05, 0.1) is 43.3 Å². The van der Waals surface area contributed by atoms with Crippen LogP contribution in [-0.4, -0.2) is 40.5 Å². The normalized spacial score (nSPS) is 10.6. The number of terminal acetylenes is 1. The van der Waals surface area contributed by atoms with Gasteiger partial charge in [-0.1, -0.05) is 0 Å². The molecule has 0 bridgehead atoms. The second kappa shape index (κ2) is 8.76. The number of benzene rings is 2. The van der Waals surface area contributed by atoms with Crippen LogP contribution in [0.15, 0.2) is 55.0 Å². The molecule has 7 heteroatoms. The van der Waals surface area contributed by atoms with Gasteiger partial charge in [0.2, 0.25) is 0 Å². The Balaban J connectivity index is 1.79. The summed E-state index contributed by atoms with van der Waals surface area (Å²) in [7, 11) is 5.15. The fourth-order valence-corrected chi connectivity index (χ4v) is 3.39. The van der Waals surface area contributed by atoms with Gasteiger partial charge in [0, 0.05) is 61.3 Å². The fraction of sp³-hybridized carbons (Fsp3) is 0.208. The molecular weight excluding hydrogens is 390 g/mol. The summed E-state index contributed by atoms with van der Waals surface area (Å²) < 4.78 is 12.6. The molecule has 2 aromatic carbocycles. The monoisotopic (exact) mass is 413 g/mol. The molecule has 2 aromatic heterocycles. The van der Waals surface area contributed by atoms with Gasteiger partial charge < -0.3 is 14.4 Å². The fourth-order valence-electron chi connectivity index (χ4n) is 3.39. The van der Waals surface area contributed by atoms with Crippen LogP contribution >= 0.6 is 0 Å². The van der Waals surface area contributed by atoms with Crippen molar-refractivity contribution in [1.29, 1.82) is 0 Å². The topological polar surface area (TPSA) is 65.3 Å². The van der Waals surface area contributed by atoms with Crippen molar-refractivity contribution in [1.82, 2.24) is 19.7 Å². The summed E-state index contributed by atoms with van der Waals surface area (Å²) in [5.74, 6) is 4.14. The van der Waals surface area contributed by atoms with Gasteiger partial charge in [0.15, 0.2) is 0 Å². The van der Waals surface area contributed by atoms with Crippen LogP contribution < -0.4 is 14.4 Å². The van der Waals surface area contributed by atoms with Crippen LogP contribution in [-0.2, 0) is 7.05 Å². The number of hydrogen-bond acceptors (Lipinski definition) is 6. The van der Waals surface area contributed by atoms with Crippen LogP contribution in [0.4, 0.5) is 11.4 Å². The average Bonchev–Trinajstić information content (AvgIpc) is 3.24. The third kappa shape index (κ3) is 4.28. The second-order valence-corrected chi connectivity index (χ2v) is 7.01. The number of aromatic nitrogens is 4. The van der Waals surface area contributed by atoms with Gasteiger partial charge in [-0.25, -0.2) is 4.98 Å². The molecule has 31 heavy (non-hydrogen) atoms. The summed E-state index contributed by atoms with van der Waals surface area (Å²) in [5, 5.41) is 4.22. The minimum atomic E-state index is 0.582. The summed E-state index contributed by atoms with van der Waals surface area (Å²) in [6, 6.07) is 11.8. The van der Waals surface area contributed by atoms with E-state index in [4.69, 9.17) is 20.9 Å². The van der Waals surface area contributed by atoms with Crippen molar-refractivity contribution in [3.63, 3.8) is 0 Å². The first-order chi connectivity index (χ1) is 15.1. The highest BCUT2D eigenvalue weighted by atomic mass is 16.5. The minimum Gasteiger partial charge on any atom is -0.497 e. The Morgan fingerprint density at radius 1 is 1.00 bits per heavy atom. The largest absolute Gasteiger partial charge is 0.497 e. The van der Waals surface area contributed by atoms with Crippen LogP contribution in [0.5, 0.6) is 11.5 Å². The summed E-state index contributed by atoms with van der Waals surface area (Å²) in [4.78, 5) is 11.5. The molecule has 156 valence electrons. The molecule has 0 saturated heterocycles. The molecule has 0 aliphatic carbocycles. The molecular formula is C24H23N5O2. The molecule has 2 heterocycles. The number of methoxy groups -OCH3 is 2. The van der Waals surface area contributed by atoms with Crippen LogP contribution in [0.1, 0.15) is 6.42 Å². The van der Waals surface area contributed by atoms with Gasteiger partial charge in [-0.2, -0.15) is 5.10 Å². The van der Waals surface area contributed by atoms with Crippen molar-refractivity contribution in [2.45, 2.75) is 6.42 Å². The highest BCUT2D eigenvalue weighted by molar-refractivity contribution is 5.82. The zero-order chi connectivity index (χ0) is 21.8. The number of fused-ring (bicyclic) bond motifs is 1. The number of anilines is 2. The molecule has 0 spiro atoms. The van der Waals surface area contributed by atoms with Crippen molar-refractivity contribution in [2.75, 3.05) is 25.7 Å². The molecule has 0 atom stereocenters. The quantitative estimate of drug-likeness (QED) is 0.423. The van der Waals surface area contributed by atoms with Crippen molar-refractivity contribution < 1.29 is 9.47 Å². The van der Waals surface area contributed by atoms with E-state index in [9.17, 15) is 0 Å². The number of nitrogens with zero attached hydrogens (tertiary/aromatic N) is 5. The molecule has 0 saturated carbocycles. The van der Waals surface area contributed by atoms with Crippen molar-refractivity contribution in [2.24, 2.45) is 7.05 Å². The van der Waals surface area contributed by atoms with E-state index in [0.717, 1.165) is 33.7 Å². The van der Waals surface area contributed by atoms with Gasteiger partial charge in [-0.05, 0) is 18.2 Å². The molecule has 0 radical (unpaired) electrons. The van der Waals surface area contributed by atoms with Crippen LogP contribution in [0.25, 0.3) is 22.3 Å². The van der Waals surface area contributed by atoms with Gasteiger partial charge in [0.25, 0.3) is 0 Å². The Morgan fingerprint density at radius 3 is 2.42 bits per heavy atom. The van der Waals surface area contributed by atoms with Crippen LogP contribution in [0.2, 0.25) is 0 Å². The van der Waals surface area contributed by atoms with E-state index in [2.05, 4.69) is 20.9 Å². The molecule has 7 nitrogen and oxygen atoms in total. The number of aryl methyl sites for hydroxylation is 1. The van der Waals surface area contributed by atoms with Crippen molar-refractivity contribution >= 4 is 22.4 Å². The summed E-state index contributed by atoms with van der Waals surface area (Å²) in [6.07, 6.45) is 11.6. The van der Waals surface area contributed by atoms with Gasteiger partial charge in [0.1, 0.15) is 11.5 Å². The highest BCUT2D eigenvalue weighted by Crippen LogP contribution is 2.34. The molecule has 0 N–H and O–H groups in total. The molecule has 0 fully saturated rings. The third-order valence-corrected chi connectivity index (χ3v) is 4.97. The van der Waals surface area contributed by atoms with E-state index in [1.165, 1.54) is 0 Å². The number of rotatable bonds is 7. The minimum absolute atomic E-state index is 0.582. The Hall–Kier alpha value is -4.05.